The van der Waals surface area contributed by atoms with Crippen LogP contribution in [0.4, 0.5) is 0 Å². The number of carbonyl (C=O) groups is 2. The Balaban J connectivity index is 3.16. The summed E-state index contributed by atoms with van der Waals surface area (Å²) < 4.78 is 4.50. The van der Waals surface area contributed by atoms with Crippen LogP contribution in [0.2, 0.25) is 0 Å². The molecule has 0 spiro atoms. The summed E-state index contributed by atoms with van der Waals surface area (Å²) >= 11 is 0. The van der Waals surface area contributed by atoms with Crippen molar-refractivity contribution in [2.24, 2.45) is 0 Å². The van der Waals surface area contributed by atoms with E-state index in [1.54, 1.807) is 0 Å². The van der Waals surface area contributed by atoms with Crippen molar-refractivity contribution in [1.82, 2.24) is 5.32 Å². The van der Waals surface area contributed by atoms with E-state index in [0.29, 0.717) is 0 Å². The summed E-state index contributed by atoms with van der Waals surface area (Å²) in [4.78, 5) is 22.3. The summed E-state index contributed by atoms with van der Waals surface area (Å²) in [6.07, 6.45) is 14.7. The molecule has 0 heterocycles. The lowest BCUT2D eigenvalue weighted by atomic mass is 10.1. The first-order valence-electron chi connectivity index (χ1n) is 9.04. The molecule has 22 heavy (non-hydrogen) atoms. The van der Waals surface area contributed by atoms with Crippen molar-refractivity contribution in [3.05, 3.63) is 0 Å². The van der Waals surface area contributed by atoms with Crippen LogP contribution >= 0.6 is 0 Å². The number of amides is 1. The average Bonchev–Trinajstić information content (AvgIpc) is 2.53. The molecule has 1 N–H and O–H groups in total. The molecule has 0 bridgehead atoms. The number of esters is 1. The number of carbonyl (C=O) groups excluding carboxylic acids is 2. The molecule has 0 saturated carbocycles. The summed E-state index contributed by atoms with van der Waals surface area (Å²) in [5.74, 6) is -0.387. The van der Waals surface area contributed by atoms with Gasteiger partial charge in [0, 0.05) is 13.0 Å². The summed E-state index contributed by atoms with van der Waals surface area (Å²) in [6.45, 7) is 2.97. The zero-order chi connectivity index (χ0) is 16.5. The van der Waals surface area contributed by atoms with Crippen LogP contribution < -0.4 is 5.32 Å². The van der Waals surface area contributed by atoms with Gasteiger partial charge in [-0.3, -0.25) is 9.59 Å². The zero-order valence-electron chi connectivity index (χ0n) is 14.6. The van der Waals surface area contributed by atoms with Gasteiger partial charge in [0.2, 0.25) is 5.91 Å². The van der Waals surface area contributed by atoms with Gasteiger partial charge < -0.3 is 10.1 Å². The van der Waals surface area contributed by atoms with Gasteiger partial charge in [0.25, 0.3) is 0 Å². The zero-order valence-corrected chi connectivity index (χ0v) is 14.6. The van der Waals surface area contributed by atoms with Crippen LogP contribution in [0.1, 0.15) is 90.4 Å². The van der Waals surface area contributed by atoms with Gasteiger partial charge in [0.1, 0.15) is 0 Å². The molecule has 0 rings (SSSR count). The molecule has 0 fully saturated rings. The lowest BCUT2D eigenvalue weighted by Gasteiger charge is -2.05. The highest BCUT2D eigenvalue weighted by Crippen LogP contribution is 2.11. The van der Waals surface area contributed by atoms with Crippen LogP contribution in [0, 0.1) is 0 Å². The Morgan fingerprint density at radius 2 is 1.27 bits per heavy atom. The van der Waals surface area contributed by atoms with E-state index in [1.807, 2.05) is 0 Å². The SMILES string of the molecule is CCCCCCCCCCCCCNC(=O)CCC(=O)OC. The van der Waals surface area contributed by atoms with Crippen molar-refractivity contribution < 1.29 is 14.3 Å². The predicted octanol–water partition coefficient (Wildman–Crippen LogP) is 4.37. The fourth-order valence-corrected chi connectivity index (χ4v) is 2.42. The maximum Gasteiger partial charge on any atom is 0.306 e. The number of hydrogen-bond donors (Lipinski definition) is 1. The molecular formula is C18H35NO3. The summed E-state index contributed by atoms with van der Waals surface area (Å²) in [5.41, 5.74) is 0. The Bertz CT molecular complexity index is 280. The Morgan fingerprint density at radius 1 is 0.773 bits per heavy atom. The maximum atomic E-state index is 11.4. The normalized spacial score (nSPS) is 10.5. The van der Waals surface area contributed by atoms with Crippen LogP contribution in [0.15, 0.2) is 0 Å². The van der Waals surface area contributed by atoms with Gasteiger partial charge in [-0.05, 0) is 6.42 Å². The Morgan fingerprint density at radius 3 is 1.77 bits per heavy atom. The first kappa shape index (κ1) is 20.9. The van der Waals surface area contributed by atoms with Crippen molar-refractivity contribution in [2.45, 2.75) is 90.4 Å². The van der Waals surface area contributed by atoms with Crippen LogP contribution in [-0.4, -0.2) is 25.5 Å². The predicted molar refractivity (Wildman–Crippen MR) is 90.7 cm³/mol. The Labute approximate surface area is 136 Å². The highest BCUT2D eigenvalue weighted by molar-refractivity contribution is 5.81. The van der Waals surface area contributed by atoms with E-state index in [2.05, 4.69) is 17.0 Å². The van der Waals surface area contributed by atoms with E-state index in [9.17, 15) is 9.59 Å². The smallest absolute Gasteiger partial charge is 0.306 e. The molecule has 0 atom stereocenters. The number of unbranched alkanes of at least 4 members (excludes halogenated alkanes) is 10. The number of rotatable bonds is 15. The monoisotopic (exact) mass is 313 g/mol. The number of methoxy groups -OCH3 is 1. The summed E-state index contributed by atoms with van der Waals surface area (Å²) in [6, 6.07) is 0. The van der Waals surface area contributed by atoms with E-state index >= 15 is 0 Å². The van der Waals surface area contributed by atoms with Gasteiger partial charge >= 0.3 is 5.97 Å². The highest BCUT2D eigenvalue weighted by Gasteiger charge is 2.05. The first-order chi connectivity index (χ1) is 10.7. The number of hydrogen-bond acceptors (Lipinski definition) is 3. The van der Waals surface area contributed by atoms with Crippen LogP contribution in [0.25, 0.3) is 0 Å². The molecule has 0 aliphatic rings. The molecular weight excluding hydrogens is 278 g/mol. The molecule has 0 unspecified atom stereocenters. The maximum absolute atomic E-state index is 11.4. The van der Waals surface area contributed by atoms with E-state index < -0.39 is 0 Å². The van der Waals surface area contributed by atoms with E-state index in [1.165, 1.54) is 71.3 Å². The van der Waals surface area contributed by atoms with Gasteiger partial charge in [-0.2, -0.15) is 0 Å². The summed E-state index contributed by atoms with van der Waals surface area (Å²) in [5, 5.41) is 2.85. The third-order valence-corrected chi connectivity index (χ3v) is 3.89. The van der Waals surface area contributed by atoms with Gasteiger partial charge in [-0.1, -0.05) is 71.1 Å². The lowest BCUT2D eigenvalue weighted by Crippen LogP contribution is -2.24. The molecule has 4 heteroatoms. The molecule has 0 radical (unpaired) electrons. The second-order valence-electron chi connectivity index (χ2n) is 5.96. The van der Waals surface area contributed by atoms with Gasteiger partial charge in [-0.25, -0.2) is 0 Å². The first-order valence-corrected chi connectivity index (χ1v) is 9.04. The fourth-order valence-electron chi connectivity index (χ4n) is 2.42. The third kappa shape index (κ3) is 15.3. The van der Waals surface area contributed by atoms with E-state index in [0.717, 1.165) is 13.0 Å². The molecule has 0 aliphatic carbocycles. The second-order valence-corrected chi connectivity index (χ2v) is 5.96. The highest BCUT2D eigenvalue weighted by atomic mass is 16.5. The molecule has 0 aliphatic heterocycles. The molecule has 0 saturated heterocycles. The van der Waals surface area contributed by atoms with Crippen LogP contribution in [-0.2, 0) is 14.3 Å². The van der Waals surface area contributed by atoms with Crippen molar-refractivity contribution in [3.63, 3.8) is 0 Å². The van der Waals surface area contributed by atoms with Crippen molar-refractivity contribution >= 4 is 11.9 Å². The van der Waals surface area contributed by atoms with Crippen LogP contribution in [0.5, 0.6) is 0 Å². The van der Waals surface area contributed by atoms with Gasteiger partial charge in [0.15, 0.2) is 0 Å². The van der Waals surface area contributed by atoms with Crippen molar-refractivity contribution in [1.29, 1.82) is 0 Å². The average molecular weight is 313 g/mol. The van der Waals surface area contributed by atoms with Crippen molar-refractivity contribution in [2.75, 3.05) is 13.7 Å². The summed E-state index contributed by atoms with van der Waals surface area (Å²) in [7, 11) is 1.34. The van der Waals surface area contributed by atoms with Crippen molar-refractivity contribution in [3.8, 4) is 0 Å². The quantitative estimate of drug-likeness (QED) is 0.361. The topological polar surface area (TPSA) is 55.4 Å². The molecule has 1 amide bonds. The standard InChI is InChI=1S/C18H35NO3/c1-3-4-5-6-7-8-9-10-11-12-13-16-19-17(20)14-15-18(21)22-2/h3-16H2,1-2H3,(H,19,20). The number of ether oxygens (including phenoxy) is 1. The fraction of sp³-hybridized carbons (Fsp3) is 0.889. The van der Waals surface area contributed by atoms with E-state index in [4.69, 9.17) is 0 Å². The minimum Gasteiger partial charge on any atom is -0.469 e. The van der Waals surface area contributed by atoms with Gasteiger partial charge in [0.05, 0.1) is 13.5 Å². The molecule has 0 aromatic heterocycles. The van der Waals surface area contributed by atoms with Crippen LogP contribution in [0.3, 0.4) is 0 Å². The minimum absolute atomic E-state index is 0.0579. The molecule has 0 aromatic carbocycles. The van der Waals surface area contributed by atoms with E-state index in [-0.39, 0.29) is 24.7 Å². The third-order valence-electron chi connectivity index (χ3n) is 3.89. The largest absolute Gasteiger partial charge is 0.469 e. The number of nitrogens with one attached hydrogen (secondary N) is 1. The molecule has 130 valence electrons. The molecule has 4 nitrogen and oxygen atoms in total. The minimum atomic E-state index is -0.329. The second kappa shape index (κ2) is 16.3. The Kier molecular flexibility index (Phi) is 15.5. The van der Waals surface area contributed by atoms with Gasteiger partial charge in [-0.15, -0.1) is 0 Å². The molecule has 0 aromatic rings. The Hall–Kier alpha value is -1.06. The lowest BCUT2D eigenvalue weighted by molar-refractivity contribution is -0.142.